The maximum absolute atomic E-state index is 13.0. The lowest BCUT2D eigenvalue weighted by Gasteiger charge is -2.22. The Morgan fingerprint density at radius 2 is 1.68 bits per heavy atom. The Kier molecular flexibility index (Phi) is 4.74. The minimum atomic E-state index is -0.700. The van der Waals surface area contributed by atoms with Crippen LogP contribution in [-0.2, 0) is 15.0 Å². The first kappa shape index (κ1) is 17.0. The number of rotatable bonds is 6. The van der Waals surface area contributed by atoms with E-state index >= 15 is 0 Å². The molecule has 0 spiro atoms. The quantitative estimate of drug-likeness (QED) is 0.849. The Morgan fingerprint density at radius 1 is 1.04 bits per heavy atom. The van der Waals surface area contributed by atoms with Crippen LogP contribution in [0.3, 0.4) is 0 Å². The molecule has 0 aromatic heterocycles. The summed E-state index contributed by atoms with van der Waals surface area (Å²) in [6, 6.07) is 16.1. The zero-order valence-electron chi connectivity index (χ0n) is 14.4. The van der Waals surface area contributed by atoms with Gasteiger partial charge >= 0.3 is 0 Å². The fourth-order valence-corrected chi connectivity index (χ4v) is 3.04. The first-order chi connectivity index (χ1) is 12.1. The molecular formula is C20H22N2O3. The molecule has 25 heavy (non-hydrogen) atoms. The summed E-state index contributed by atoms with van der Waals surface area (Å²) in [7, 11) is 3.18. The summed E-state index contributed by atoms with van der Waals surface area (Å²) in [5.74, 6) is 0.410. The van der Waals surface area contributed by atoms with E-state index in [-0.39, 0.29) is 11.8 Å². The van der Waals surface area contributed by atoms with Crippen molar-refractivity contribution in [3.05, 3.63) is 65.7 Å². The monoisotopic (exact) mass is 338 g/mol. The van der Waals surface area contributed by atoms with Crippen LogP contribution in [0.1, 0.15) is 30.0 Å². The fraction of sp³-hybridized carbons (Fsp3) is 0.300. The molecule has 0 radical (unpaired) electrons. The third-order valence-corrected chi connectivity index (χ3v) is 4.74. The van der Waals surface area contributed by atoms with E-state index in [2.05, 4.69) is 10.6 Å². The summed E-state index contributed by atoms with van der Waals surface area (Å²) in [6.45, 7) is 0. The number of amides is 2. The van der Waals surface area contributed by atoms with Gasteiger partial charge in [-0.25, -0.2) is 0 Å². The Balaban J connectivity index is 1.82. The predicted octanol–water partition coefficient (Wildman–Crippen LogP) is 2.33. The molecule has 1 unspecified atom stereocenters. The first-order valence-electron chi connectivity index (χ1n) is 8.33. The Labute approximate surface area is 147 Å². The van der Waals surface area contributed by atoms with Crippen LogP contribution in [0.5, 0.6) is 5.75 Å². The maximum Gasteiger partial charge on any atom is 0.246 e. The second-order valence-corrected chi connectivity index (χ2v) is 6.24. The Hall–Kier alpha value is -2.82. The standard InChI is InChI=1S/C20H22N2O3/c1-21-18(23)17(14-6-4-3-5-7-14)22-19(24)20(12-13-20)15-8-10-16(25-2)11-9-15/h3-11,17H,12-13H2,1-2H3,(H,21,23)(H,22,24). The minimum absolute atomic E-state index is 0.116. The number of hydrogen-bond donors (Lipinski definition) is 2. The molecule has 1 aliphatic rings. The van der Waals surface area contributed by atoms with Gasteiger partial charge in [-0.3, -0.25) is 9.59 Å². The zero-order chi connectivity index (χ0) is 17.9. The number of hydrogen-bond acceptors (Lipinski definition) is 3. The number of carbonyl (C=O) groups excluding carboxylic acids is 2. The van der Waals surface area contributed by atoms with Gasteiger partial charge in [0.15, 0.2) is 0 Å². The number of likely N-dealkylation sites (N-methyl/N-ethyl adjacent to an activating group) is 1. The molecule has 130 valence electrons. The largest absolute Gasteiger partial charge is 0.497 e. The van der Waals surface area contributed by atoms with Gasteiger partial charge < -0.3 is 15.4 Å². The SMILES string of the molecule is CNC(=O)C(NC(=O)C1(c2ccc(OC)cc2)CC1)c1ccccc1. The summed E-state index contributed by atoms with van der Waals surface area (Å²) in [4.78, 5) is 25.2. The van der Waals surface area contributed by atoms with Gasteiger partial charge in [0.1, 0.15) is 11.8 Å². The molecule has 2 aromatic rings. The third kappa shape index (κ3) is 3.36. The maximum atomic E-state index is 13.0. The molecule has 5 nitrogen and oxygen atoms in total. The molecule has 0 bridgehead atoms. The van der Waals surface area contributed by atoms with Gasteiger partial charge in [0, 0.05) is 7.05 Å². The summed E-state index contributed by atoms with van der Waals surface area (Å²) >= 11 is 0. The van der Waals surface area contributed by atoms with Crippen LogP contribution in [0, 0.1) is 0 Å². The van der Waals surface area contributed by atoms with E-state index < -0.39 is 11.5 Å². The van der Waals surface area contributed by atoms with E-state index in [1.54, 1.807) is 14.2 Å². The number of nitrogens with one attached hydrogen (secondary N) is 2. The second kappa shape index (κ2) is 6.97. The Bertz CT molecular complexity index is 752. The fourth-order valence-electron chi connectivity index (χ4n) is 3.04. The molecule has 2 amide bonds. The van der Waals surface area contributed by atoms with E-state index in [1.807, 2.05) is 54.6 Å². The van der Waals surface area contributed by atoms with E-state index in [0.29, 0.717) is 0 Å². The van der Waals surface area contributed by atoms with Gasteiger partial charge in [-0.1, -0.05) is 42.5 Å². The van der Waals surface area contributed by atoms with Crippen molar-refractivity contribution in [2.75, 3.05) is 14.2 Å². The highest BCUT2D eigenvalue weighted by Crippen LogP contribution is 2.49. The van der Waals surface area contributed by atoms with Crippen LogP contribution < -0.4 is 15.4 Å². The van der Waals surface area contributed by atoms with Gasteiger partial charge in [0.2, 0.25) is 11.8 Å². The van der Waals surface area contributed by atoms with Crippen molar-refractivity contribution in [1.82, 2.24) is 10.6 Å². The van der Waals surface area contributed by atoms with E-state index in [9.17, 15) is 9.59 Å². The normalized spacial score (nSPS) is 15.8. The van der Waals surface area contributed by atoms with Crippen LogP contribution in [0.4, 0.5) is 0 Å². The molecule has 2 N–H and O–H groups in total. The molecule has 0 heterocycles. The zero-order valence-corrected chi connectivity index (χ0v) is 14.4. The number of carbonyl (C=O) groups is 2. The highest BCUT2D eigenvalue weighted by atomic mass is 16.5. The highest BCUT2D eigenvalue weighted by molar-refractivity contribution is 5.95. The second-order valence-electron chi connectivity index (χ2n) is 6.24. The average molecular weight is 338 g/mol. The third-order valence-electron chi connectivity index (χ3n) is 4.74. The van der Waals surface area contributed by atoms with Crippen LogP contribution >= 0.6 is 0 Å². The first-order valence-corrected chi connectivity index (χ1v) is 8.33. The van der Waals surface area contributed by atoms with E-state index in [0.717, 1.165) is 29.7 Å². The van der Waals surface area contributed by atoms with Crippen LogP contribution in [0.2, 0.25) is 0 Å². The van der Waals surface area contributed by atoms with E-state index in [1.165, 1.54) is 0 Å². The van der Waals surface area contributed by atoms with Crippen LogP contribution in [0.25, 0.3) is 0 Å². The van der Waals surface area contributed by atoms with Crippen molar-refractivity contribution in [3.63, 3.8) is 0 Å². The van der Waals surface area contributed by atoms with Crippen molar-refractivity contribution in [2.24, 2.45) is 0 Å². The lowest BCUT2D eigenvalue weighted by Crippen LogP contribution is -2.43. The summed E-state index contributed by atoms with van der Waals surface area (Å²) < 4.78 is 5.18. The molecule has 1 saturated carbocycles. The number of benzene rings is 2. The molecule has 2 aromatic carbocycles. The predicted molar refractivity (Wildman–Crippen MR) is 95.3 cm³/mol. The van der Waals surface area contributed by atoms with Crippen molar-refractivity contribution in [2.45, 2.75) is 24.3 Å². The van der Waals surface area contributed by atoms with Gasteiger partial charge in [-0.05, 0) is 36.1 Å². The summed E-state index contributed by atoms with van der Waals surface area (Å²) in [5.41, 5.74) is 1.17. The van der Waals surface area contributed by atoms with Crippen molar-refractivity contribution in [1.29, 1.82) is 0 Å². The molecule has 1 aliphatic carbocycles. The van der Waals surface area contributed by atoms with Crippen molar-refractivity contribution >= 4 is 11.8 Å². The lowest BCUT2D eigenvalue weighted by molar-refractivity contribution is -0.130. The van der Waals surface area contributed by atoms with E-state index in [4.69, 9.17) is 4.74 Å². The molecule has 5 heteroatoms. The number of methoxy groups -OCH3 is 1. The van der Waals surface area contributed by atoms with Gasteiger partial charge in [-0.15, -0.1) is 0 Å². The molecule has 0 saturated heterocycles. The summed E-state index contributed by atoms with van der Waals surface area (Å²) in [5, 5.41) is 5.56. The summed E-state index contributed by atoms with van der Waals surface area (Å²) in [6.07, 6.45) is 1.56. The Morgan fingerprint density at radius 3 is 2.20 bits per heavy atom. The van der Waals surface area contributed by atoms with Gasteiger partial charge in [0.25, 0.3) is 0 Å². The minimum Gasteiger partial charge on any atom is -0.497 e. The van der Waals surface area contributed by atoms with Gasteiger partial charge in [0.05, 0.1) is 12.5 Å². The smallest absolute Gasteiger partial charge is 0.246 e. The highest BCUT2D eigenvalue weighted by Gasteiger charge is 2.52. The molecule has 1 fully saturated rings. The number of ether oxygens (including phenoxy) is 1. The molecule has 1 atom stereocenters. The van der Waals surface area contributed by atoms with Gasteiger partial charge in [-0.2, -0.15) is 0 Å². The van der Waals surface area contributed by atoms with Crippen molar-refractivity contribution < 1.29 is 14.3 Å². The van der Waals surface area contributed by atoms with Crippen LogP contribution in [0.15, 0.2) is 54.6 Å². The lowest BCUT2D eigenvalue weighted by atomic mass is 9.94. The topological polar surface area (TPSA) is 67.4 Å². The molecule has 0 aliphatic heterocycles. The van der Waals surface area contributed by atoms with Crippen LogP contribution in [-0.4, -0.2) is 26.0 Å². The molecule has 3 rings (SSSR count). The average Bonchev–Trinajstić information content (AvgIpc) is 3.48. The molecular weight excluding hydrogens is 316 g/mol. The van der Waals surface area contributed by atoms with Crippen molar-refractivity contribution in [3.8, 4) is 5.75 Å².